The maximum atomic E-state index is 11.5. The minimum Gasteiger partial charge on any atom is -0.464 e. The molecule has 1 aromatic rings. The number of hydrogen-bond acceptors (Lipinski definition) is 4. The Hall–Kier alpha value is -2.17. The van der Waals surface area contributed by atoms with Gasteiger partial charge in [0.15, 0.2) is 0 Å². The molecule has 0 fully saturated rings. The van der Waals surface area contributed by atoms with E-state index in [-0.39, 0.29) is 0 Å². The molecule has 0 heterocycles. The molecule has 18 heavy (non-hydrogen) atoms. The molecule has 5 heteroatoms. The molecule has 0 saturated carbocycles. The van der Waals surface area contributed by atoms with Crippen molar-refractivity contribution in [3.05, 3.63) is 58.2 Å². The molecule has 1 rings (SSSR count). The third-order valence-corrected chi connectivity index (χ3v) is 2.73. The van der Waals surface area contributed by atoms with Crippen molar-refractivity contribution in [2.75, 3.05) is 7.11 Å². The van der Waals surface area contributed by atoms with Crippen molar-refractivity contribution in [1.82, 2.24) is 0 Å². The van der Waals surface area contributed by atoms with Gasteiger partial charge in [0.2, 0.25) is 0 Å². The van der Waals surface area contributed by atoms with Gasteiger partial charge in [-0.3, -0.25) is 10.1 Å². The maximum Gasteiger partial charge on any atom is 0.382 e. The highest BCUT2D eigenvalue weighted by Crippen LogP contribution is 2.24. The molecule has 0 amide bonds. The van der Waals surface area contributed by atoms with Crippen LogP contribution in [0, 0.1) is 17.0 Å². The standard InChI is InChI=1S/C13H15NO4/c1-4-11(10-7-5-9(2)6-8-10)12(14(16)17)13(15)18-3/h4-8,11-12H,1H2,2-3H3. The lowest BCUT2D eigenvalue weighted by atomic mass is 9.91. The monoisotopic (exact) mass is 249 g/mol. The molecule has 0 spiro atoms. The first-order valence-electron chi connectivity index (χ1n) is 5.41. The van der Waals surface area contributed by atoms with Gasteiger partial charge in [-0.2, -0.15) is 0 Å². The second kappa shape index (κ2) is 5.95. The predicted octanol–water partition coefficient (Wildman–Crippen LogP) is 2.08. The highest BCUT2D eigenvalue weighted by atomic mass is 16.6. The van der Waals surface area contributed by atoms with Gasteiger partial charge in [-0.1, -0.05) is 35.9 Å². The van der Waals surface area contributed by atoms with Gasteiger partial charge >= 0.3 is 12.0 Å². The summed E-state index contributed by atoms with van der Waals surface area (Å²) in [4.78, 5) is 21.8. The number of aryl methyl sites for hydroxylation is 1. The molecule has 0 aliphatic carbocycles. The van der Waals surface area contributed by atoms with Crippen molar-refractivity contribution in [2.45, 2.75) is 18.9 Å². The summed E-state index contributed by atoms with van der Waals surface area (Å²) in [5, 5.41) is 11.0. The number of nitrogens with zero attached hydrogens (tertiary/aromatic N) is 1. The number of nitro groups is 1. The van der Waals surface area contributed by atoms with Crippen LogP contribution < -0.4 is 0 Å². The number of carbonyl (C=O) groups is 1. The molecule has 0 aliphatic heterocycles. The molecule has 0 aromatic heterocycles. The van der Waals surface area contributed by atoms with Crippen LogP contribution in [0.4, 0.5) is 0 Å². The number of ether oxygens (including phenoxy) is 1. The van der Waals surface area contributed by atoms with Gasteiger partial charge in [0.05, 0.1) is 13.0 Å². The molecule has 96 valence electrons. The summed E-state index contributed by atoms with van der Waals surface area (Å²) in [6, 6.07) is 5.71. The van der Waals surface area contributed by atoms with E-state index in [2.05, 4.69) is 11.3 Å². The molecule has 0 saturated heterocycles. The Kier molecular flexibility index (Phi) is 4.59. The summed E-state index contributed by atoms with van der Waals surface area (Å²) in [7, 11) is 1.13. The summed E-state index contributed by atoms with van der Waals surface area (Å²) in [6.45, 7) is 5.48. The van der Waals surface area contributed by atoms with Crippen molar-refractivity contribution in [1.29, 1.82) is 0 Å². The van der Waals surface area contributed by atoms with E-state index in [1.54, 1.807) is 12.1 Å². The molecule has 5 nitrogen and oxygen atoms in total. The fourth-order valence-electron chi connectivity index (χ4n) is 1.72. The predicted molar refractivity (Wildman–Crippen MR) is 66.9 cm³/mol. The maximum absolute atomic E-state index is 11.5. The second-order valence-corrected chi connectivity index (χ2v) is 3.93. The Morgan fingerprint density at radius 2 is 2.00 bits per heavy atom. The summed E-state index contributed by atoms with van der Waals surface area (Å²) in [5.41, 5.74) is 1.71. The van der Waals surface area contributed by atoms with E-state index in [1.807, 2.05) is 19.1 Å². The number of benzene rings is 1. The first-order valence-corrected chi connectivity index (χ1v) is 5.41. The van der Waals surface area contributed by atoms with Crippen molar-refractivity contribution in [3.8, 4) is 0 Å². The van der Waals surface area contributed by atoms with Crippen LogP contribution in [0.15, 0.2) is 36.9 Å². The molecule has 0 aliphatic rings. The van der Waals surface area contributed by atoms with Gasteiger partial charge in [-0.05, 0) is 12.5 Å². The van der Waals surface area contributed by atoms with Crippen LogP contribution in [0.1, 0.15) is 17.0 Å². The van der Waals surface area contributed by atoms with E-state index >= 15 is 0 Å². The quantitative estimate of drug-likeness (QED) is 0.347. The fourth-order valence-corrected chi connectivity index (χ4v) is 1.72. The van der Waals surface area contributed by atoms with E-state index in [0.717, 1.165) is 12.7 Å². The summed E-state index contributed by atoms with van der Waals surface area (Å²) >= 11 is 0. The lowest BCUT2D eigenvalue weighted by molar-refractivity contribution is -0.512. The van der Waals surface area contributed by atoms with Gasteiger partial charge in [0, 0.05) is 4.92 Å². The molecular formula is C13H15NO4. The molecule has 1 aromatic carbocycles. The first-order chi connectivity index (χ1) is 8.51. The fraction of sp³-hybridized carbons (Fsp3) is 0.308. The zero-order chi connectivity index (χ0) is 13.7. The zero-order valence-electron chi connectivity index (χ0n) is 10.3. The van der Waals surface area contributed by atoms with Crippen LogP contribution in [-0.2, 0) is 9.53 Å². The van der Waals surface area contributed by atoms with Crippen LogP contribution in [0.5, 0.6) is 0 Å². The molecular weight excluding hydrogens is 234 g/mol. The van der Waals surface area contributed by atoms with E-state index in [4.69, 9.17) is 0 Å². The van der Waals surface area contributed by atoms with Gasteiger partial charge in [-0.15, -0.1) is 6.58 Å². The third kappa shape index (κ3) is 2.94. The van der Waals surface area contributed by atoms with E-state index in [9.17, 15) is 14.9 Å². The normalized spacial score (nSPS) is 13.4. The molecule has 0 bridgehead atoms. The summed E-state index contributed by atoms with van der Waals surface area (Å²) in [5.74, 6) is -1.57. The number of rotatable bonds is 5. The largest absolute Gasteiger partial charge is 0.464 e. The van der Waals surface area contributed by atoms with Crippen molar-refractivity contribution >= 4 is 5.97 Å². The SMILES string of the molecule is C=CC(c1ccc(C)cc1)C(C(=O)OC)[N+](=O)[O-]. The first kappa shape index (κ1) is 13.9. The van der Waals surface area contributed by atoms with Crippen LogP contribution in [-0.4, -0.2) is 24.0 Å². The highest BCUT2D eigenvalue weighted by molar-refractivity contribution is 5.76. The van der Waals surface area contributed by atoms with Gasteiger partial charge < -0.3 is 4.74 Å². The Balaban J connectivity index is 3.13. The van der Waals surface area contributed by atoms with Gasteiger partial charge in [0.1, 0.15) is 0 Å². The van der Waals surface area contributed by atoms with Crippen molar-refractivity contribution in [2.24, 2.45) is 0 Å². The smallest absolute Gasteiger partial charge is 0.382 e. The average molecular weight is 249 g/mol. The average Bonchev–Trinajstić information content (AvgIpc) is 2.35. The highest BCUT2D eigenvalue weighted by Gasteiger charge is 2.38. The van der Waals surface area contributed by atoms with E-state index in [0.29, 0.717) is 5.56 Å². The number of methoxy groups -OCH3 is 1. The Morgan fingerprint density at radius 1 is 1.44 bits per heavy atom. The Morgan fingerprint density at radius 3 is 2.39 bits per heavy atom. The summed E-state index contributed by atoms with van der Waals surface area (Å²) < 4.78 is 4.47. The van der Waals surface area contributed by atoms with Crippen LogP contribution in [0.25, 0.3) is 0 Å². The number of hydrogen-bond donors (Lipinski definition) is 0. The summed E-state index contributed by atoms with van der Waals surface area (Å²) in [6.07, 6.45) is 1.40. The van der Waals surface area contributed by atoms with E-state index < -0.39 is 22.9 Å². The molecule has 2 atom stereocenters. The lowest BCUT2D eigenvalue weighted by Gasteiger charge is -2.16. The van der Waals surface area contributed by atoms with Crippen LogP contribution >= 0.6 is 0 Å². The number of carbonyl (C=O) groups excluding carboxylic acids is 1. The molecule has 0 radical (unpaired) electrons. The lowest BCUT2D eigenvalue weighted by Crippen LogP contribution is -2.35. The van der Waals surface area contributed by atoms with Crippen molar-refractivity contribution < 1.29 is 14.5 Å². The minimum absolute atomic E-state index is 0.641. The zero-order valence-corrected chi connectivity index (χ0v) is 10.3. The molecule has 0 N–H and O–H groups in total. The minimum atomic E-state index is -1.46. The Labute approximate surface area is 105 Å². The Bertz CT molecular complexity index is 453. The number of esters is 1. The third-order valence-electron chi connectivity index (χ3n) is 2.73. The van der Waals surface area contributed by atoms with Gasteiger partial charge in [-0.25, -0.2) is 4.79 Å². The molecule has 2 unspecified atom stereocenters. The van der Waals surface area contributed by atoms with Crippen LogP contribution in [0.3, 0.4) is 0 Å². The van der Waals surface area contributed by atoms with E-state index in [1.165, 1.54) is 6.08 Å². The topological polar surface area (TPSA) is 69.4 Å². The van der Waals surface area contributed by atoms with Gasteiger partial charge in [0.25, 0.3) is 0 Å². The second-order valence-electron chi connectivity index (χ2n) is 3.93. The van der Waals surface area contributed by atoms with Crippen molar-refractivity contribution in [3.63, 3.8) is 0 Å². The van der Waals surface area contributed by atoms with Crippen LogP contribution in [0.2, 0.25) is 0 Å².